The van der Waals surface area contributed by atoms with Gasteiger partial charge in [-0.05, 0) is 13.0 Å². The summed E-state index contributed by atoms with van der Waals surface area (Å²) >= 11 is 0.883. The highest BCUT2D eigenvalue weighted by atomic mass is 32.2. The molecule has 1 heterocycles. The van der Waals surface area contributed by atoms with Crippen molar-refractivity contribution >= 4 is 29.3 Å². The molecule has 0 aliphatic carbocycles. The molecule has 0 aliphatic rings. The summed E-state index contributed by atoms with van der Waals surface area (Å²) in [5.74, 6) is -2.79. The van der Waals surface area contributed by atoms with Crippen LogP contribution in [-0.4, -0.2) is 45.6 Å². The molecule has 0 saturated heterocycles. The van der Waals surface area contributed by atoms with Gasteiger partial charge in [0, 0.05) is 5.56 Å². The number of rotatable bonds is 6. The van der Waals surface area contributed by atoms with Crippen molar-refractivity contribution in [1.29, 1.82) is 0 Å². The van der Waals surface area contributed by atoms with Crippen molar-refractivity contribution in [2.45, 2.75) is 18.3 Å². The van der Waals surface area contributed by atoms with E-state index in [0.717, 1.165) is 11.8 Å². The summed E-state index contributed by atoms with van der Waals surface area (Å²) in [5.41, 5.74) is -1.31. The van der Waals surface area contributed by atoms with E-state index in [-0.39, 0.29) is 34.5 Å². The van der Waals surface area contributed by atoms with E-state index in [4.69, 9.17) is 4.74 Å². The molecular formula is C15H13F3N4O4S. The highest BCUT2D eigenvalue weighted by Crippen LogP contribution is 2.26. The largest absolute Gasteiger partial charge is 0.471 e. The summed E-state index contributed by atoms with van der Waals surface area (Å²) in [6.07, 6.45) is -5.08. The minimum Gasteiger partial charge on any atom is -0.465 e. The highest BCUT2D eigenvalue weighted by molar-refractivity contribution is 7.99. The van der Waals surface area contributed by atoms with Crippen LogP contribution in [0.4, 0.5) is 18.9 Å². The van der Waals surface area contributed by atoms with Crippen LogP contribution in [0.2, 0.25) is 0 Å². The molecule has 0 spiro atoms. The van der Waals surface area contributed by atoms with E-state index >= 15 is 0 Å². The zero-order valence-electron chi connectivity index (χ0n) is 13.8. The fraction of sp³-hybridized carbons (Fsp3) is 0.267. The third-order valence-electron chi connectivity index (χ3n) is 3.00. The molecule has 2 N–H and O–H groups in total. The Balaban J connectivity index is 2.25. The Hall–Kier alpha value is -2.89. The molecule has 27 heavy (non-hydrogen) atoms. The molecule has 144 valence electrons. The summed E-state index contributed by atoms with van der Waals surface area (Å²) in [4.78, 5) is 37.1. The lowest BCUT2D eigenvalue weighted by Gasteiger charge is -2.11. The maximum absolute atomic E-state index is 12.5. The van der Waals surface area contributed by atoms with Crippen LogP contribution >= 0.6 is 11.8 Å². The minimum absolute atomic E-state index is 0.0358. The zero-order chi connectivity index (χ0) is 20.0. The number of hydrogen-bond donors (Lipinski definition) is 2. The molecule has 1 aromatic heterocycles. The topological polar surface area (TPSA) is 114 Å². The number of nitrogens with zero attached hydrogens (tertiary/aromatic N) is 2. The first-order valence-electron chi connectivity index (χ1n) is 7.45. The van der Waals surface area contributed by atoms with E-state index in [2.05, 4.69) is 15.2 Å². The number of H-pyrrole nitrogens is 1. The lowest BCUT2D eigenvalue weighted by Crippen LogP contribution is -2.30. The summed E-state index contributed by atoms with van der Waals surface area (Å²) in [6, 6.07) is 5.37. The van der Waals surface area contributed by atoms with Crippen LogP contribution in [-0.2, 0) is 14.3 Å². The molecule has 1 amide bonds. The molecule has 0 aliphatic heterocycles. The van der Waals surface area contributed by atoms with Crippen LogP contribution in [0, 0.1) is 0 Å². The Kier molecular flexibility index (Phi) is 6.55. The number of para-hydroxylation sites is 1. The van der Waals surface area contributed by atoms with Crippen molar-refractivity contribution in [2.24, 2.45) is 0 Å². The average molecular weight is 402 g/mol. The van der Waals surface area contributed by atoms with Crippen LogP contribution in [0.5, 0.6) is 0 Å². The van der Waals surface area contributed by atoms with Gasteiger partial charge in [0.1, 0.15) is 0 Å². The number of amides is 1. The number of thioether (sulfide) groups is 1. The molecule has 2 aromatic rings. The van der Waals surface area contributed by atoms with Gasteiger partial charge in [-0.15, -0.1) is 10.2 Å². The number of hydrogen-bond acceptors (Lipinski definition) is 7. The van der Waals surface area contributed by atoms with Crippen molar-refractivity contribution in [3.8, 4) is 11.3 Å². The van der Waals surface area contributed by atoms with Gasteiger partial charge >= 0.3 is 18.1 Å². The predicted octanol–water partition coefficient (Wildman–Crippen LogP) is 1.99. The minimum atomic E-state index is -5.08. The van der Waals surface area contributed by atoms with Crippen LogP contribution in [0.15, 0.2) is 34.2 Å². The standard InChI is InChI=1S/C15H13F3N4O4S/c1-2-26-10(23)7-27-14-20-12(24)11(21-22-14)8-5-3-4-6-9(8)19-13(25)15(16,17)18/h3-6H,2,7H2,1H3,(H,19,25)(H,20,22,24). The number of aromatic nitrogens is 3. The van der Waals surface area contributed by atoms with Gasteiger partial charge in [-0.3, -0.25) is 19.4 Å². The summed E-state index contributed by atoms with van der Waals surface area (Å²) < 4.78 is 42.1. The van der Waals surface area contributed by atoms with E-state index < -0.39 is 23.6 Å². The van der Waals surface area contributed by atoms with Crippen LogP contribution in [0.1, 0.15) is 6.92 Å². The number of carbonyl (C=O) groups is 2. The number of nitrogens with one attached hydrogen (secondary N) is 2. The lowest BCUT2D eigenvalue weighted by atomic mass is 10.1. The first-order chi connectivity index (χ1) is 12.7. The second kappa shape index (κ2) is 8.66. The SMILES string of the molecule is CCOC(=O)CSc1nnc(-c2ccccc2NC(=O)C(F)(F)F)c(=O)[nH]1. The maximum Gasteiger partial charge on any atom is 0.471 e. The fourth-order valence-electron chi connectivity index (χ4n) is 1.89. The van der Waals surface area contributed by atoms with Crippen molar-refractivity contribution in [1.82, 2.24) is 15.2 Å². The van der Waals surface area contributed by atoms with Crippen molar-refractivity contribution < 1.29 is 27.5 Å². The number of benzene rings is 1. The summed E-state index contributed by atoms with van der Waals surface area (Å²) in [7, 11) is 0. The van der Waals surface area contributed by atoms with Gasteiger partial charge in [-0.2, -0.15) is 13.2 Å². The smallest absolute Gasteiger partial charge is 0.465 e. The Bertz CT molecular complexity index is 901. The number of carbonyl (C=O) groups excluding carboxylic acids is 2. The second-order valence-corrected chi connectivity index (χ2v) is 5.86. The first kappa shape index (κ1) is 20.4. The molecule has 0 unspecified atom stereocenters. The summed E-state index contributed by atoms with van der Waals surface area (Å²) in [6.45, 7) is 1.86. The Morgan fingerprint density at radius 1 is 1.26 bits per heavy atom. The molecule has 0 fully saturated rings. The van der Waals surface area contributed by atoms with Gasteiger partial charge in [-0.1, -0.05) is 30.0 Å². The monoisotopic (exact) mass is 402 g/mol. The Morgan fingerprint density at radius 3 is 2.59 bits per heavy atom. The van der Waals surface area contributed by atoms with Gasteiger partial charge in [0.2, 0.25) is 0 Å². The number of halogens is 3. The van der Waals surface area contributed by atoms with Gasteiger partial charge in [0.05, 0.1) is 18.0 Å². The maximum atomic E-state index is 12.5. The number of aromatic amines is 1. The number of esters is 1. The van der Waals surface area contributed by atoms with Gasteiger partial charge in [-0.25, -0.2) is 0 Å². The predicted molar refractivity (Wildman–Crippen MR) is 90.1 cm³/mol. The van der Waals surface area contributed by atoms with E-state index in [1.54, 1.807) is 12.2 Å². The molecule has 0 atom stereocenters. The van der Waals surface area contributed by atoms with Crippen molar-refractivity contribution in [3.05, 3.63) is 34.6 Å². The second-order valence-electron chi connectivity index (χ2n) is 4.90. The number of ether oxygens (including phenoxy) is 1. The zero-order valence-corrected chi connectivity index (χ0v) is 14.6. The number of alkyl halides is 3. The molecule has 8 nitrogen and oxygen atoms in total. The molecule has 0 radical (unpaired) electrons. The van der Waals surface area contributed by atoms with E-state index in [1.807, 2.05) is 0 Å². The van der Waals surface area contributed by atoms with E-state index in [1.165, 1.54) is 24.3 Å². The highest BCUT2D eigenvalue weighted by Gasteiger charge is 2.39. The molecule has 2 rings (SSSR count). The molecule has 0 bridgehead atoms. The molecule has 12 heteroatoms. The Morgan fingerprint density at radius 2 is 1.96 bits per heavy atom. The normalized spacial score (nSPS) is 11.1. The van der Waals surface area contributed by atoms with Crippen LogP contribution in [0.3, 0.4) is 0 Å². The van der Waals surface area contributed by atoms with E-state index in [0.29, 0.717) is 0 Å². The van der Waals surface area contributed by atoms with Crippen LogP contribution in [0.25, 0.3) is 11.3 Å². The van der Waals surface area contributed by atoms with Gasteiger partial charge < -0.3 is 10.1 Å². The average Bonchev–Trinajstić information content (AvgIpc) is 2.60. The molecule has 1 aromatic carbocycles. The fourth-order valence-corrected chi connectivity index (χ4v) is 2.49. The molecule has 0 saturated carbocycles. The first-order valence-corrected chi connectivity index (χ1v) is 8.44. The third-order valence-corrected chi connectivity index (χ3v) is 3.83. The lowest BCUT2D eigenvalue weighted by molar-refractivity contribution is -0.167. The van der Waals surface area contributed by atoms with Crippen molar-refractivity contribution in [2.75, 3.05) is 17.7 Å². The quantitative estimate of drug-likeness (QED) is 0.561. The van der Waals surface area contributed by atoms with Gasteiger partial charge in [0.25, 0.3) is 5.56 Å². The van der Waals surface area contributed by atoms with Crippen LogP contribution < -0.4 is 10.9 Å². The Labute approximate surface area is 154 Å². The summed E-state index contributed by atoms with van der Waals surface area (Å²) in [5, 5.41) is 9.16. The molecular weight excluding hydrogens is 389 g/mol. The van der Waals surface area contributed by atoms with E-state index in [9.17, 15) is 27.6 Å². The number of anilines is 1. The van der Waals surface area contributed by atoms with Gasteiger partial charge in [0.15, 0.2) is 10.9 Å². The van der Waals surface area contributed by atoms with Crippen molar-refractivity contribution in [3.63, 3.8) is 0 Å². The third kappa shape index (κ3) is 5.54.